The molecule has 7 heteroatoms. The van der Waals surface area contributed by atoms with Crippen LogP contribution in [0, 0.1) is 0 Å². The highest BCUT2D eigenvalue weighted by Gasteiger charge is 2.30. The fourth-order valence-electron chi connectivity index (χ4n) is 0.982. The zero-order valence-electron chi connectivity index (χ0n) is 8.15. The summed E-state index contributed by atoms with van der Waals surface area (Å²) in [6.45, 7) is 0. The molecule has 0 aliphatic carbocycles. The van der Waals surface area contributed by atoms with E-state index < -0.39 is 11.7 Å². The van der Waals surface area contributed by atoms with Gasteiger partial charge in [0.2, 0.25) is 0 Å². The summed E-state index contributed by atoms with van der Waals surface area (Å²) in [7, 11) is 1.58. The molecule has 16 heavy (non-hydrogen) atoms. The fraction of sp³-hybridized carbons (Fsp3) is 0.222. The van der Waals surface area contributed by atoms with Crippen LogP contribution in [0.4, 0.5) is 18.9 Å². The van der Waals surface area contributed by atoms with Crippen LogP contribution < -0.4 is 10.6 Å². The van der Waals surface area contributed by atoms with Crippen molar-refractivity contribution in [2.24, 2.45) is 0 Å². The normalized spacial score (nSPS) is 11.1. The van der Waals surface area contributed by atoms with Crippen molar-refractivity contribution in [3.63, 3.8) is 0 Å². The molecule has 88 valence electrons. The standard InChI is InChI=1S/C9H8BrF3N2S/c1-14-8(16)15-7-4-5(9(11,12)13)2-3-6(7)10/h2-4H,1H3,(H2,14,15,16). The summed E-state index contributed by atoms with van der Waals surface area (Å²) in [6.07, 6.45) is -4.36. The molecule has 0 amide bonds. The van der Waals surface area contributed by atoms with E-state index in [1.807, 2.05) is 0 Å². The number of benzene rings is 1. The van der Waals surface area contributed by atoms with Crippen LogP contribution in [-0.2, 0) is 6.18 Å². The molecule has 1 rings (SSSR count). The average molecular weight is 313 g/mol. The second kappa shape index (κ2) is 5.01. The Bertz CT molecular complexity index is 406. The Morgan fingerprint density at radius 3 is 2.50 bits per heavy atom. The number of thiocarbonyl (C=S) groups is 1. The molecular weight excluding hydrogens is 305 g/mol. The Morgan fingerprint density at radius 2 is 2.00 bits per heavy atom. The predicted molar refractivity (Wildman–Crippen MR) is 64.4 cm³/mol. The van der Waals surface area contributed by atoms with E-state index in [2.05, 4.69) is 26.6 Å². The molecule has 0 bridgehead atoms. The lowest BCUT2D eigenvalue weighted by Gasteiger charge is -2.12. The summed E-state index contributed by atoms with van der Waals surface area (Å²) in [5, 5.41) is 5.51. The first kappa shape index (κ1) is 13.2. The van der Waals surface area contributed by atoms with Gasteiger partial charge in [-0.25, -0.2) is 0 Å². The minimum absolute atomic E-state index is 0.250. The second-order valence-electron chi connectivity index (χ2n) is 2.90. The minimum Gasteiger partial charge on any atom is -0.366 e. The van der Waals surface area contributed by atoms with E-state index in [0.717, 1.165) is 12.1 Å². The quantitative estimate of drug-likeness (QED) is 0.777. The lowest BCUT2D eigenvalue weighted by Crippen LogP contribution is -2.24. The highest BCUT2D eigenvalue weighted by atomic mass is 79.9. The highest BCUT2D eigenvalue weighted by Crippen LogP contribution is 2.33. The van der Waals surface area contributed by atoms with Crippen molar-refractivity contribution in [3.8, 4) is 0 Å². The summed E-state index contributed by atoms with van der Waals surface area (Å²) >= 11 is 7.95. The Morgan fingerprint density at radius 1 is 1.38 bits per heavy atom. The monoisotopic (exact) mass is 312 g/mol. The number of anilines is 1. The van der Waals surface area contributed by atoms with Crippen molar-refractivity contribution in [1.29, 1.82) is 0 Å². The van der Waals surface area contributed by atoms with E-state index in [4.69, 9.17) is 12.2 Å². The maximum Gasteiger partial charge on any atom is 0.416 e. The molecule has 0 aliphatic rings. The van der Waals surface area contributed by atoms with E-state index in [1.165, 1.54) is 6.07 Å². The topological polar surface area (TPSA) is 24.1 Å². The van der Waals surface area contributed by atoms with Crippen LogP contribution in [0.15, 0.2) is 22.7 Å². The van der Waals surface area contributed by atoms with E-state index in [9.17, 15) is 13.2 Å². The molecule has 2 nitrogen and oxygen atoms in total. The molecular formula is C9H8BrF3N2S. The van der Waals surface area contributed by atoms with E-state index in [1.54, 1.807) is 7.05 Å². The van der Waals surface area contributed by atoms with Crippen LogP contribution in [0.5, 0.6) is 0 Å². The van der Waals surface area contributed by atoms with Crippen molar-refractivity contribution >= 4 is 38.9 Å². The third-order valence-electron chi connectivity index (χ3n) is 1.77. The third-order valence-corrected chi connectivity index (χ3v) is 2.77. The van der Waals surface area contributed by atoms with Crippen LogP contribution in [0.3, 0.4) is 0 Å². The number of rotatable bonds is 1. The first-order valence-electron chi connectivity index (χ1n) is 4.20. The van der Waals surface area contributed by atoms with Crippen molar-refractivity contribution in [2.75, 3.05) is 12.4 Å². The first-order chi connectivity index (χ1) is 7.34. The molecule has 2 N–H and O–H groups in total. The zero-order chi connectivity index (χ0) is 12.3. The zero-order valence-corrected chi connectivity index (χ0v) is 10.6. The molecule has 0 fully saturated rings. The van der Waals surface area contributed by atoms with Crippen LogP contribution in [0.2, 0.25) is 0 Å². The number of alkyl halides is 3. The molecule has 0 saturated heterocycles. The Labute approximate surface area is 104 Å². The van der Waals surface area contributed by atoms with Gasteiger partial charge in [0.25, 0.3) is 0 Å². The van der Waals surface area contributed by atoms with Gasteiger partial charge in [0.15, 0.2) is 5.11 Å². The molecule has 0 spiro atoms. The van der Waals surface area contributed by atoms with Crippen LogP contribution in [0.1, 0.15) is 5.56 Å². The molecule has 0 heterocycles. The van der Waals surface area contributed by atoms with Gasteiger partial charge in [0.05, 0.1) is 11.3 Å². The molecule has 0 aromatic heterocycles. The summed E-state index contributed by atoms with van der Waals surface area (Å²) < 4.78 is 37.8. The number of nitrogens with one attached hydrogen (secondary N) is 2. The van der Waals surface area contributed by atoms with Crippen LogP contribution in [-0.4, -0.2) is 12.2 Å². The van der Waals surface area contributed by atoms with Crippen molar-refractivity contribution in [3.05, 3.63) is 28.2 Å². The van der Waals surface area contributed by atoms with Crippen molar-refractivity contribution in [1.82, 2.24) is 5.32 Å². The lowest BCUT2D eigenvalue weighted by molar-refractivity contribution is -0.137. The molecule has 0 radical (unpaired) electrons. The van der Waals surface area contributed by atoms with E-state index in [-0.39, 0.29) is 10.8 Å². The first-order valence-corrected chi connectivity index (χ1v) is 5.40. The van der Waals surface area contributed by atoms with Gasteiger partial charge in [0.1, 0.15) is 0 Å². The van der Waals surface area contributed by atoms with E-state index in [0.29, 0.717) is 4.47 Å². The molecule has 1 aromatic rings. The summed E-state index contributed by atoms with van der Waals surface area (Å²) in [5.74, 6) is 0. The molecule has 0 saturated carbocycles. The van der Waals surface area contributed by atoms with Gasteiger partial charge in [0, 0.05) is 11.5 Å². The van der Waals surface area contributed by atoms with Crippen LogP contribution >= 0.6 is 28.1 Å². The maximum atomic E-state index is 12.4. The van der Waals surface area contributed by atoms with Gasteiger partial charge in [-0.15, -0.1) is 0 Å². The Balaban J connectivity index is 3.04. The van der Waals surface area contributed by atoms with Gasteiger partial charge in [-0.1, -0.05) is 0 Å². The third kappa shape index (κ3) is 3.34. The van der Waals surface area contributed by atoms with E-state index >= 15 is 0 Å². The predicted octanol–water partition coefficient (Wildman–Crippen LogP) is 3.38. The Hall–Kier alpha value is -0.820. The lowest BCUT2D eigenvalue weighted by atomic mass is 10.2. The average Bonchev–Trinajstić information content (AvgIpc) is 2.19. The summed E-state index contributed by atoms with van der Waals surface area (Å²) in [4.78, 5) is 0. The van der Waals surface area contributed by atoms with Gasteiger partial charge in [-0.05, 0) is 46.3 Å². The number of halogens is 4. The largest absolute Gasteiger partial charge is 0.416 e. The smallest absolute Gasteiger partial charge is 0.366 e. The number of hydrogen-bond donors (Lipinski definition) is 2. The van der Waals surface area contributed by atoms with Crippen LogP contribution in [0.25, 0.3) is 0 Å². The van der Waals surface area contributed by atoms with Crippen molar-refractivity contribution in [2.45, 2.75) is 6.18 Å². The fourth-order valence-corrected chi connectivity index (χ4v) is 1.44. The maximum absolute atomic E-state index is 12.4. The van der Waals surface area contributed by atoms with Gasteiger partial charge in [-0.2, -0.15) is 13.2 Å². The van der Waals surface area contributed by atoms with Crippen molar-refractivity contribution < 1.29 is 13.2 Å². The summed E-state index contributed by atoms with van der Waals surface area (Å²) in [5.41, 5.74) is -0.453. The van der Waals surface area contributed by atoms with Gasteiger partial charge < -0.3 is 10.6 Å². The number of hydrogen-bond acceptors (Lipinski definition) is 1. The SMILES string of the molecule is CNC(=S)Nc1cc(C(F)(F)F)ccc1Br. The molecule has 0 unspecified atom stereocenters. The molecule has 0 aliphatic heterocycles. The molecule has 1 aromatic carbocycles. The molecule has 0 atom stereocenters. The minimum atomic E-state index is -4.36. The van der Waals surface area contributed by atoms with Gasteiger partial charge in [-0.3, -0.25) is 0 Å². The summed E-state index contributed by atoms with van der Waals surface area (Å²) in [6, 6.07) is 3.31. The second-order valence-corrected chi connectivity index (χ2v) is 4.16. The Kier molecular flexibility index (Phi) is 4.15. The van der Waals surface area contributed by atoms with Gasteiger partial charge >= 0.3 is 6.18 Å². The highest BCUT2D eigenvalue weighted by molar-refractivity contribution is 9.10.